The number of hydrogen-bond donors (Lipinski definition) is 3. The van der Waals surface area contributed by atoms with Gasteiger partial charge in [-0.1, -0.05) is 122 Å². The summed E-state index contributed by atoms with van der Waals surface area (Å²) in [5.74, 6) is -1.26. The summed E-state index contributed by atoms with van der Waals surface area (Å²) in [7, 11) is 0. The second-order valence-corrected chi connectivity index (χ2v) is 10.0. The van der Waals surface area contributed by atoms with Crippen molar-refractivity contribution in [1.29, 1.82) is 0 Å². The summed E-state index contributed by atoms with van der Waals surface area (Å²) in [5, 5.41) is 28.0. The fraction of sp³-hybridized carbons (Fsp3) is 0.923. The number of rotatable bonds is 20. The molecule has 0 aromatic heterocycles. The van der Waals surface area contributed by atoms with Crippen molar-refractivity contribution in [1.82, 2.24) is 0 Å². The highest BCUT2D eigenvalue weighted by molar-refractivity contribution is 5.72. The van der Waals surface area contributed by atoms with Crippen LogP contribution in [0, 0.1) is 5.92 Å². The van der Waals surface area contributed by atoms with Gasteiger partial charge < -0.3 is 15.3 Å². The van der Waals surface area contributed by atoms with Crippen molar-refractivity contribution in [2.45, 2.75) is 147 Å². The van der Waals surface area contributed by atoms with Gasteiger partial charge in [-0.2, -0.15) is 0 Å². The third-order valence-corrected chi connectivity index (χ3v) is 6.94. The number of aliphatic hydroxyl groups is 1. The van der Waals surface area contributed by atoms with Crippen LogP contribution in [0.3, 0.4) is 0 Å². The van der Waals surface area contributed by atoms with Gasteiger partial charge in [-0.3, -0.25) is 9.59 Å². The van der Waals surface area contributed by atoms with Gasteiger partial charge in [0, 0.05) is 0 Å². The smallest absolute Gasteiger partial charge is 0.306 e. The zero-order chi connectivity index (χ0) is 22.8. The molecule has 5 heteroatoms. The molecule has 182 valence electrons. The van der Waals surface area contributed by atoms with E-state index in [1.165, 1.54) is 96.3 Å². The maximum absolute atomic E-state index is 10.9. The molecule has 0 heterocycles. The molecule has 0 aromatic carbocycles. The average Bonchev–Trinajstić information content (AvgIpc) is 2.70. The Morgan fingerprint density at radius 3 is 1.42 bits per heavy atom. The van der Waals surface area contributed by atoms with Gasteiger partial charge >= 0.3 is 11.9 Å². The normalized spacial score (nSPS) is 15.3. The Labute approximate surface area is 190 Å². The average molecular weight is 441 g/mol. The van der Waals surface area contributed by atoms with Gasteiger partial charge in [-0.25, -0.2) is 0 Å². The zero-order valence-electron chi connectivity index (χ0n) is 19.8. The minimum atomic E-state index is -1.62. The fourth-order valence-electron chi connectivity index (χ4n) is 5.11. The van der Waals surface area contributed by atoms with Crippen molar-refractivity contribution < 1.29 is 24.9 Å². The van der Waals surface area contributed by atoms with E-state index in [1.807, 2.05) is 0 Å². The molecule has 0 unspecified atom stereocenters. The molecule has 1 saturated carbocycles. The Morgan fingerprint density at radius 1 is 0.613 bits per heavy atom. The highest BCUT2D eigenvalue weighted by Crippen LogP contribution is 2.28. The molecule has 0 bridgehead atoms. The lowest BCUT2D eigenvalue weighted by atomic mass is 9.85. The van der Waals surface area contributed by atoms with Gasteiger partial charge in [0.05, 0.1) is 18.4 Å². The van der Waals surface area contributed by atoms with Crippen LogP contribution in [0.1, 0.15) is 141 Å². The summed E-state index contributed by atoms with van der Waals surface area (Å²) in [4.78, 5) is 21.7. The summed E-state index contributed by atoms with van der Waals surface area (Å²) in [6.45, 7) is 0. The molecule has 0 saturated heterocycles. The first-order valence-electron chi connectivity index (χ1n) is 13.1. The summed E-state index contributed by atoms with van der Waals surface area (Å²) in [5.41, 5.74) is -1.62. The topological polar surface area (TPSA) is 94.8 Å². The molecule has 0 radical (unpaired) electrons. The summed E-state index contributed by atoms with van der Waals surface area (Å²) >= 11 is 0. The molecule has 1 rings (SSSR count). The molecule has 0 atom stereocenters. The van der Waals surface area contributed by atoms with Crippen molar-refractivity contribution in [3.8, 4) is 0 Å². The first-order chi connectivity index (χ1) is 14.9. The Hall–Kier alpha value is -1.10. The number of unbranched alkanes of at least 4 members (excludes halogenated alkanes) is 12. The van der Waals surface area contributed by atoms with Crippen LogP contribution in [-0.4, -0.2) is 32.9 Å². The predicted molar refractivity (Wildman–Crippen MR) is 125 cm³/mol. The molecule has 31 heavy (non-hydrogen) atoms. The molecule has 1 aliphatic carbocycles. The third-order valence-electron chi connectivity index (χ3n) is 6.94. The van der Waals surface area contributed by atoms with E-state index in [4.69, 9.17) is 10.2 Å². The molecule has 0 spiro atoms. The van der Waals surface area contributed by atoms with Crippen LogP contribution in [0.2, 0.25) is 0 Å². The Morgan fingerprint density at radius 2 is 1.00 bits per heavy atom. The van der Waals surface area contributed by atoms with Crippen LogP contribution in [-0.2, 0) is 9.59 Å². The Kier molecular flexibility index (Phi) is 15.7. The highest BCUT2D eigenvalue weighted by atomic mass is 16.4. The van der Waals surface area contributed by atoms with E-state index in [2.05, 4.69) is 0 Å². The minimum Gasteiger partial charge on any atom is -0.481 e. The van der Waals surface area contributed by atoms with E-state index in [-0.39, 0.29) is 6.42 Å². The summed E-state index contributed by atoms with van der Waals surface area (Å²) in [6.07, 6.45) is 24.1. The lowest BCUT2D eigenvalue weighted by Crippen LogP contribution is -2.34. The molecule has 0 aromatic rings. The molecule has 0 amide bonds. The molecule has 5 nitrogen and oxygen atoms in total. The van der Waals surface area contributed by atoms with Crippen LogP contribution in [0.15, 0.2) is 0 Å². The number of aliphatic carboxylic acids is 2. The lowest BCUT2D eigenvalue weighted by molar-refractivity contribution is -0.149. The zero-order valence-corrected chi connectivity index (χ0v) is 19.8. The van der Waals surface area contributed by atoms with Gasteiger partial charge in [0.25, 0.3) is 0 Å². The molecule has 0 aliphatic heterocycles. The van der Waals surface area contributed by atoms with Gasteiger partial charge in [0.2, 0.25) is 0 Å². The van der Waals surface area contributed by atoms with Crippen LogP contribution in [0.25, 0.3) is 0 Å². The standard InChI is InChI=1S/C26H48O5/c27-24(28)21-26(31,22-25(29)30)20-16-11-9-7-5-3-1-2-4-6-8-10-13-17-23-18-14-12-15-19-23/h23,31H,1-22H2,(H,27,28)(H,29,30). The Balaban J connectivity index is 1.85. The second kappa shape index (κ2) is 17.5. The van der Waals surface area contributed by atoms with Crippen molar-refractivity contribution in [2.24, 2.45) is 5.92 Å². The maximum Gasteiger partial charge on any atom is 0.306 e. The van der Waals surface area contributed by atoms with Gasteiger partial charge in [0.15, 0.2) is 0 Å². The summed E-state index contributed by atoms with van der Waals surface area (Å²) in [6, 6.07) is 0. The minimum absolute atomic E-state index is 0.242. The van der Waals surface area contributed by atoms with Crippen molar-refractivity contribution in [3.05, 3.63) is 0 Å². The van der Waals surface area contributed by atoms with E-state index < -0.39 is 30.4 Å². The van der Waals surface area contributed by atoms with Crippen molar-refractivity contribution in [3.63, 3.8) is 0 Å². The predicted octanol–water partition coefficient (Wildman–Crippen LogP) is 7.10. The molecule has 3 N–H and O–H groups in total. The number of carboxylic acid groups (broad SMARTS) is 2. The lowest BCUT2D eigenvalue weighted by Gasteiger charge is -2.24. The van der Waals surface area contributed by atoms with Gasteiger partial charge in [-0.05, 0) is 12.3 Å². The third kappa shape index (κ3) is 16.2. The first kappa shape index (κ1) is 27.9. The van der Waals surface area contributed by atoms with Gasteiger partial charge in [-0.15, -0.1) is 0 Å². The van der Waals surface area contributed by atoms with Crippen LogP contribution in [0.4, 0.5) is 0 Å². The second-order valence-electron chi connectivity index (χ2n) is 10.0. The van der Waals surface area contributed by atoms with Crippen molar-refractivity contribution in [2.75, 3.05) is 0 Å². The first-order valence-corrected chi connectivity index (χ1v) is 13.1. The van der Waals surface area contributed by atoms with E-state index in [0.29, 0.717) is 6.42 Å². The largest absolute Gasteiger partial charge is 0.481 e. The number of carbonyl (C=O) groups is 2. The maximum atomic E-state index is 10.9. The van der Waals surface area contributed by atoms with E-state index >= 15 is 0 Å². The summed E-state index contributed by atoms with van der Waals surface area (Å²) < 4.78 is 0. The monoisotopic (exact) mass is 440 g/mol. The number of hydrogen-bond acceptors (Lipinski definition) is 3. The SMILES string of the molecule is O=C(O)CC(O)(CCCCCCCCCCCCCCCC1CCCCC1)CC(=O)O. The molecular weight excluding hydrogens is 392 g/mol. The fourth-order valence-corrected chi connectivity index (χ4v) is 5.11. The van der Waals surface area contributed by atoms with E-state index in [1.54, 1.807) is 0 Å². The van der Waals surface area contributed by atoms with Crippen molar-refractivity contribution >= 4 is 11.9 Å². The molecular formula is C26H48O5. The highest BCUT2D eigenvalue weighted by Gasteiger charge is 2.32. The van der Waals surface area contributed by atoms with Gasteiger partial charge in [0.1, 0.15) is 0 Å². The quantitative estimate of drug-likeness (QED) is 0.175. The molecule has 1 fully saturated rings. The number of carboxylic acids is 2. The van der Waals surface area contributed by atoms with Crippen LogP contribution in [0.5, 0.6) is 0 Å². The van der Waals surface area contributed by atoms with E-state index in [9.17, 15) is 14.7 Å². The molecule has 1 aliphatic rings. The van der Waals surface area contributed by atoms with Crippen LogP contribution >= 0.6 is 0 Å². The van der Waals surface area contributed by atoms with E-state index in [0.717, 1.165) is 25.2 Å². The van der Waals surface area contributed by atoms with Crippen LogP contribution < -0.4 is 0 Å². The Bertz CT molecular complexity index is 454.